The Bertz CT molecular complexity index is 1380. The van der Waals surface area contributed by atoms with Crippen molar-refractivity contribution < 1.29 is 23.9 Å². The van der Waals surface area contributed by atoms with Gasteiger partial charge >= 0.3 is 12.0 Å². The Morgan fingerprint density at radius 3 is 2.06 bits per heavy atom. The molecule has 0 N–H and O–H groups in total. The third-order valence-corrected chi connectivity index (χ3v) is 6.23. The van der Waals surface area contributed by atoms with Crippen molar-refractivity contribution in [1.82, 2.24) is 4.90 Å². The summed E-state index contributed by atoms with van der Waals surface area (Å²) in [6, 6.07) is 23.1. The van der Waals surface area contributed by atoms with Gasteiger partial charge in [0, 0.05) is 11.1 Å². The molecular weight excluding hydrogens is 444 g/mol. The summed E-state index contributed by atoms with van der Waals surface area (Å²) in [5, 5.41) is 0. The van der Waals surface area contributed by atoms with Gasteiger partial charge in [0.1, 0.15) is 5.70 Å². The highest BCUT2D eigenvalue weighted by Gasteiger charge is 2.74. The highest BCUT2D eigenvalue weighted by atomic mass is 16.5. The summed E-state index contributed by atoms with van der Waals surface area (Å²) in [6.07, 6.45) is 0. The van der Waals surface area contributed by atoms with Crippen molar-refractivity contribution >= 4 is 35.0 Å². The van der Waals surface area contributed by atoms with Crippen LogP contribution >= 0.6 is 0 Å². The minimum Gasteiger partial charge on any atom is -0.464 e. The normalized spacial score (nSPS) is 18.9. The number of hydrogen-bond donors (Lipinski definition) is 0. The molecule has 0 saturated carbocycles. The molecule has 174 valence electrons. The first-order valence-electron chi connectivity index (χ1n) is 11.3. The molecule has 0 bridgehead atoms. The van der Waals surface area contributed by atoms with Crippen molar-refractivity contribution in [3.8, 4) is 0 Å². The van der Waals surface area contributed by atoms with Gasteiger partial charge in [-0.15, -0.1) is 0 Å². The van der Waals surface area contributed by atoms with Gasteiger partial charge in [0.15, 0.2) is 0 Å². The number of nitrogens with zero attached hydrogens (tertiary/aromatic N) is 2. The molecule has 5 rings (SSSR count). The lowest BCUT2D eigenvalue weighted by molar-refractivity contribution is -0.155. The van der Waals surface area contributed by atoms with Gasteiger partial charge in [-0.25, -0.2) is 14.5 Å². The fourth-order valence-corrected chi connectivity index (χ4v) is 4.63. The summed E-state index contributed by atoms with van der Waals surface area (Å²) >= 11 is 0. The molecule has 7 nitrogen and oxygen atoms in total. The number of ketones is 1. The van der Waals surface area contributed by atoms with Crippen LogP contribution in [0.5, 0.6) is 0 Å². The largest absolute Gasteiger partial charge is 0.464 e. The topological polar surface area (TPSA) is 84.0 Å². The standard InChI is InChI=1S/C28H22N2O5/c1-3-35-26(33)28-22(19-16-14-18(2)15-17-19)23(24(31)20-10-6-4-7-11-20)30(28)27(34)29(25(28)32)21-12-8-5-9-13-21/h4-17H,3H2,1-2H3. The van der Waals surface area contributed by atoms with Gasteiger partial charge in [0.05, 0.1) is 12.3 Å². The maximum atomic E-state index is 14.0. The summed E-state index contributed by atoms with van der Waals surface area (Å²) in [7, 11) is 0. The second-order valence-electron chi connectivity index (χ2n) is 8.31. The number of carbonyl (C=O) groups excluding carboxylic acids is 4. The quantitative estimate of drug-likeness (QED) is 0.233. The van der Waals surface area contributed by atoms with Gasteiger partial charge in [0.25, 0.3) is 11.4 Å². The molecule has 0 radical (unpaired) electrons. The monoisotopic (exact) mass is 466 g/mol. The first-order valence-corrected chi connectivity index (χ1v) is 11.3. The summed E-state index contributed by atoms with van der Waals surface area (Å²) in [4.78, 5) is 56.9. The van der Waals surface area contributed by atoms with E-state index in [1.165, 1.54) is 0 Å². The molecule has 0 aliphatic carbocycles. The minimum absolute atomic E-state index is 0.00434. The van der Waals surface area contributed by atoms with Gasteiger partial charge in [-0.2, -0.15) is 0 Å². The third kappa shape index (κ3) is 3.12. The van der Waals surface area contributed by atoms with Crippen LogP contribution in [-0.2, 0) is 14.3 Å². The molecule has 2 aliphatic rings. The number of anilines is 1. The molecule has 2 heterocycles. The zero-order chi connectivity index (χ0) is 24.7. The van der Waals surface area contributed by atoms with E-state index in [0.717, 1.165) is 15.4 Å². The van der Waals surface area contributed by atoms with Crippen LogP contribution in [0.15, 0.2) is 90.6 Å². The molecule has 3 amide bonds. The first kappa shape index (κ1) is 22.3. The summed E-state index contributed by atoms with van der Waals surface area (Å²) in [5.41, 5.74) is 0.171. The molecule has 7 heteroatoms. The Morgan fingerprint density at radius 1 is 0.857 bits per heavy atom. The van der Waals surface area contributed by atoms with Crippen molar-refractivity contribution in [3.05, 3.63) is 107 Å². The number of fused-ring (bicyclic) bond motifs is 1. The number of hydrogen-bond acceptors (Lipinski definition) is 5. The molecule has 1 fully saturated rings. The Labute approximate surface area is 202 Å². The van der Waals surface area contributed by atoms with Crippen LogP contribution in [0.2, 0.25) is 0 Å². The number of aryl methyl sites for hydroxylation is 1. The minimum atomic E-state index is -2.09. The van der Waals surface area contributed by atoms with Crippen molar-refractivity contribution in [2.75, 3.05) is 11.5 Å². The molecule has 1 saturated heterocycles. The van der Waals surface area contributed by atoms with Crippen LogP contribution in [0.25, 0.3) is 5.57 Å². The lowest BCUT2D eigenvalue weighted by Crippen LogP contribution is -2.65. The Kier molecular flexibility index (Phi) is 5.32. The van der Waals surface area contributed by atoms with Crippen molar-refractivity contribution in [1.29, 1.82) is 0 Å². The van der Waals surface area contributed by atoms with Crippen LogP contribution in [0, 0.1) is 6.92 Å². The number of Topliss-reactive ketones (excluding diaryl/α,β-unsaturated/α-hetero) is 1. The Hall–Kier alpha value is -4.52. The number of benzene rings is 3. The average Bonchev–Trinajstić information content (AvgIpc) is 3.04. The molecule has 1 unspecified atom stereocenters. The lowest BCUT2D eigenvalue weighted by Gasteiger charge is -2.45. The lowest BCUT2D eigenvalue weighted by atomic mass is 9.73. The molecule has 1 atom stereocenters. The molecule has 3 aromatic rings. The molecular formula is C28H22N2O5. The molecule has 3 aromatic carbocycles. The maximum absolute atomic E-state index is 14.0. The van der Waals surface area contributed by atoms with E-state index in [4.69, 9.17) is 4.74 Å². The summed E-state index contributed by atoms with van der Waals surface area (Å²) in [6.45, 7) is 3.53. The molecule has 35 heavy (non-hydrogen) atoms. The number of ether oxygens (including phenoxy) is 1. The number of carbonyl (C=O) groups is 4. The van der Waals surface area contributed by atoms with Crippen LogP contribution in [-0.4, -0.2) is 40.7 Å². The number of amides is 3. The van der Waals surface area contributed by atoms with E-state index in [-0.39, 0.29) is 17.9 Å². The van der Waals surface area contributed by atoms with Crippen LogP contribution in [0.4, 0.5) is 10.5 Å². The predicted octanol–water partition coefficient (Wildman–Crippen LogP) is 4.37. The van der Waals surface area contributed by atoms with E-state index in [2.05, 4.69) is 0 Å². The SMILES string of the molecule is CCOC(=O)C12C(=O)N(c3ccccc3)C(=O)N1C(C(=O)c1ccccc1)=C2c1ccc(C)cc1. The number of allylic oxidation sites excluding steroid dienone is 1. The van der Waals surface area contributed by atoms with E-state index >= 15 is 0 Å². The zero-order valence-electron chi connectivity index (χ0n) is 19.2. The maximum Gasteiger partial charge on any atom is 0.347 e. The van der Waals surface area contributed by atoms with E-state index < -0.39 is 29.2 Å². The second-order valence-corrected chi connectivity index (χ2v) is 8.31. The van der Waals surface area contributed by atoms with Crippen LogP contribution in [0.1, 0.15) is 28.4 Å². The molecule has 2 aliphatic heterocycles. The van der Waals surface area contributed by atoms with Gasteiger partial charge in [0.2, 0.25) is 5.78 Å². The fourth-order valence-electron chi connectivity index (χ4n) is 4.63. The van der Waals surface area contributed by atoms with Crippen molar-refractivity contribution in [3.63, 3.8) is 0 Å². The van der Waals surface area contributed by atoms with E-state index in [1.807, 2.05) is 19.1 Å². The van der Waals surface area contributed by atoms with Gasteiger partial charge in [-0.3, -0.25) is 14.5 Å². The molecule has 0 aromatic heterocycles. The van der Waals surface area contributed by atoms with E-state index in [9.17, 15) is 19.2 Å². The number of imide groups is 1. The first-order chi connectivity index (χ1) is 16.9. The summed E-state index contributed by atoms with van der Waals surface area (Å²) in [5.74, 6) is -2.12. The third-order valence-electron chi connectivity index (χ3n) is 6.23. The van der Waals surface area contributed by atoms with E-state index in [1.54, 1.807) is 79.7 Å². The van der Waals surface area contributed by atoms with Crippen LogP contribution < -0.4 is 4.90 Å². The zero-order valence-corrected chi connectivity index (χ0v) is 19.2. The van der Waals surface area contributed by atoms with Crippen molar-refractivity contribution in [2.45, 2.75) is 19.4 Å². The highest BCUT2D eigenvalue weighted by molar-refractivity contribution is 6.42. The smallest absolute Gasteiger partial charge is 0.347 e. The Morgan fingerprint density at radius 2 is 1.46 bits per heavy atom. The number of para-hydroxylation sites is 1. The highest BCUT2D eigenvalue weighted by Crippen LogP contribution is 2.54. The van der Waals surface area contributed by atoms with E-state index in [0.29, 0.717) is 16.8 Å². The number of rotatable bonds is 6. The van der Waals surface area contributed by atoms with Crippen molar-refractivity contribution in [2.24, 2.45) is 0 Å². The average molecular weight is 466 g/mol. The van der Waals surface area contributed by atoms with Gasteiger partial charge < -0.3 is 4.74 Å². The predicted molar refractivity (Wildman–Crippen MR) is 129 cm³/mol. The van der Waals surface area contributed by atoms with Gasteiger partial charge in [-0.05, 0) is 31.5 Å². The fraction of sp³-hybridized carbons (Fsp3) is 0.143. The van der Waals surface area contributed by atoms with Crippen LogP contribution in [0.3, 0.4) is 0 Å². The number of esters is 1. The number of urea groups is 1. The summed E-state index contributed by atoms with van der Waals surface area (Å²) < 4.78 is 5.34. The van der Waals surface area contributed by atoms with Gasteiger partial charge in [-0.1, -0.05) is 78.4 Å². The molecule has 0 spiro atoms. The Balaban J connectivity index is 1.78. The second kappa shape index (κ2) is 8.36.